The summed E-state index contributed by atoms with van der Waals surface area (Å²) in [5.41, 5.74) is 9.62. The van der Waals surface area contributed by atoms with Gasteiger partial charge in [-0.25, -0.2) is 0 Å². The van der Waals surface area contributed by atoms with Gasteiger partial charge < -0.3 is 9.80 Å². The average Bonchev–Trinajstić information content (AvgIpc) is 3.46. The third-order valence-corrected chi connectivity index (χ3v) is 9.67. The van der Waals surface area contributed by atoms with Crippen molar-refractivity contribution in [2.75, 3.05) is 22.9 Å². The zero-order valence-corrected chi connectivity index (χ0v) is 31.2. The molecule has 44 heavy (non-hydrogen) atoms. The standard InChI is InChI=1S/C27H39N2.C6H13P.C2H3NO2.CH4.ClH.Ru/c1-18(2)22-11-9-12-23(19(3)4)26(22)28-15-16-29(17-28)27-24(20(5)6)13-10-14-25(27)21(7)8;7-6-4-2-1-3-5-6;1-2-3(4)5;;;/h9-14,17-21H,15-16H2,1-8H3;6H,1-5,7H2;1-2H,(H,4,5);1H4;1H;/q-1;;;;;+1/p-1. The van der Waals surface area contributed by atoms with Crippen LogP contribution in [0.2, 0.25) is 0 Å². The molecule has 4 rings (SSSR count). The van der Waals surface area contributed by atoms with Crippen molar-refractivity contribution in [3.8, 4) is 0 Å². The van der Waals surface area contributed by atoms with Gasteiger partial charge in [0.2, 0.25) is 0 Å². The van der Waals surface area contributed by atoms with Crippen molar-refractivity contribution in [3.63, 3.8) is 0 Å². The molecule has 1 N–H and O–H groups in total. The SMILES string of the molecule is C.CC(C)c1cccc(C(C)C)c1N1[CH-]N(c2c(C(C)C)cccc2C(C)C)CC1.PC1CCCCC1.[O-][N+](O)=C[CH]=[Ru][Cl]. The second kappa shape index (κ2) is 20.6. The van der Waals surface area contributed by atoms with E-state index in [0.717, 1.165) is 25.0 Å². The molecule has 5 nitrogen and oxygen atoms in total. The second-order valence-electron chi connectivity index (χ2n) is 12.7. The van der Waals surface area contributed by atoms with Gasteiger partial charge in [0.15, 0.2) is 0 Å². The number of para-hydroxylation sites is 2. The fourth-order valence-electron chi connectivity index (χ4n) is 5.72. The van der Waals surface area contributed by atoms with E-state index in [1.165, 1.54) is 70.3 Å². The molecule has 0 amide bonds. The van der Waals surface area contributed by atoms with Crippen molar-refractivity contribution in [1.82, 2.24) is 0 Å². The van der Waals surface area contributed by atoms with E-state index in [1.807, 2.05) is 0 Å². The number of rotatable bonds is 7. The van der Waals surface area contributed by atoms with E-state index >= 15 is 0 Å². The monoisotopic (exact) mass is 733 g/mol. The Hall–Kier alpha value is -1.48. The molecule has 2 aliphatic rings. The molecule has 8 heteroatoms. The van der Waals surface area contributed by atoms with Crippen LogP contribution >= 0.6 is 18.9 Å². The van der Waals surface area contributed by atoms with Crippen LogP contribution in [0, 0.1) is 11.9 Å². The van der Waals surface area contributed by atoms with E-state index in [2.05, 4.69) is 117 Å². The third-order valence-electron chi connectivity index (χ3n) is 7.99. The van der Waals surface area contributed by atoms with Crippen molar-refractivity contribution in [2.24, 2.45) is 0 Å². The van der Waals surface area contributed by atoms with Crippen molar-refractivity contribution in [1.29, 1.82) is 0 Å². The zero-order chi connectivity index (χ0) is 32.1. The van der Waals surface area contributed by atoms with E-state index in [9.17, 15) is 5.21 Å². The van der Waals surface area contributed by atoms with Crippen LogP contribution in [-0.2, 0) is 15.7 Å². The topological polar surface area (TPSA) is 52.8 Å². The predicted octanol–water partition coefficient (Wildman–Crippen LogP) is 10.5. The molecule has 1 unspecified atom stereocenters. The molecular weight excluding hydrogens is 674 g/mol. The second-order valence-corrected chi connectivity index (χ2v) is 15.6. The van der Waals surface area contributed by atoms with Gasteiger partial charge in [-0.15, -0.1) is 9.24 Å². The molecular formula is C36H59ClN3O2PRu-. The molecule has 2 fully saturated rings. The summed E-state index contributed by atoms with van der Waals surface area (Å²) >= 11 is -0.396. The summed E-state index contributed by atoms with van der Waals surface area (Å²) in [7, 11) is 8.08. The van der Waals surface area contributed by atoms with Crippen molar-refractivity contribution in [3.05, 3.63) is 70.5 Å². The Kier molecular flexibility index (Phi) is 19.0. The normalized spacial score (nSPS) is 16.1. The van der Waals surface area contributed by atoms with Gasteiger partial charge in [-0.1, -0.05) is 118 Å². The third kappa shape index (κ3) is 12.4. The summed E-state index contributed by atoms with van der Waals surface area (Å²) in [5.74, 6) is 2.06. The van der Waals surface area contributed by atoms with Gasteiger partial charge in [0.05, 0.1) is 0 Å². The molecule has 0 spiro atoms. The van der Waals surface area contributed by atoms with Gasteiger partial charge in [0.25, 0.3) is 0 Å². The minimum absolute atomic E-state index is 0. The number of halogens is 1. The Morgan fingerprint density at radius 3 is 1.41 bits per heavy atom. The number of nitrogens with zero attached hydrogens (tertiary/aromatic N) is 3. The fraction of sp³-hybridized carbons (Fsp3) is 0.583. The molecule has 1 aliphatic carbocycles. The molecule has 0 aromatic heterocycles. The van der Waals surface area contributed by atoms with Crippen LogP contribution in [0.4, 0.5) is 11.4 Å². The molecule has 1 saturated carbocycles. The molecule has 0 radical (unpaired) electrons. The van der Waals surface area contributed by atoms with Gasteiger partial charge in [-0.3, -0.25) is 0 Å². The summed E-state index contributed by atoms with van der Waals surface area (Å²) in [6, 6.07) is 13.7. The average molecular weight is 733 g/mol. The van der Waals surface area contributed by atoms with Gasteiger partial charge in [0.1, 0.15) is 0 Å². The Bertz CT molecular complexity index is 1050. The van der Waals surface area contributed by atoms with Crippen LogP contribution in [0.5, 0.6) is 0 Å². The van der Waals surface area contributed by atoms with Crippen LogP contribution in [0.3, 0.4) is 0 Å². The van der Waals surface area contributed by atoms with E-state index in [4.69, 9.17) is 14.9 Å². The van der Waals surface area contributed by atoms with Crippen LogP contribution in [-0.4, -0.2) is 39.7 Å². The summed E-state index contributed by atoms with van der Waals surface area (Å²) < 4.78 is 1.42. The van der Waals surface area contributed by atoms with Crippen molar-refractivity contribution < 1.29 is 25.8 Å². The number of anilines is 2. The van der Waals surface area contributed by atoms with Crippen LogP contribution in [0.25, 0.3) is 0 Å². The Labute approximate surface area is 283 Å². The fourth-order valence-corrected chi connectivity index (χ4v) is 6.75. The summed E-state index contributed by atoms with van der Waals surface area (Å²) in [4.78, 5) is 4.73. The molecule has 251 valence electrons. The Morgan fingerprint density at radius 2 is 1.18 bits per heavy atom. The van der Waals surface area contributed by atoms with E-state index < -0.39 is 15.7 Å². The molecule has 1 atom stereocenters. The van der Waals surface area contributed by atoms with Crippen LogP contribution in [0.15, 0.2) is 36.4 Å². The van der Waals surface area contributed by atoms with Crippen molar-refractivity contribution in [2.45, 2.75) is 124 Å². The molecule has 0 bridgehead atoms. The van der Waals surface area contributed by atoms with Gasteiger partial charge in [-0.2, -0.15) is 6.67 Å². The maximum absolute atomic E-state index is 9.54. The first-order chi connectivity index (χ1) is 20.4. The first-order valence-electron chi connectivity index (χ1n) is 15.8. The Morgan fingerprint density at radius 1 is 0.818 bits per heavy atom. The molecule has 1 heterocycles. The number of hydrogen-bond donors (Lipinski definition) is 1. The molecule has 2 aromatic carbocycles. The molecule has 1 aliphatic heterocycles. The van der Waals surface area contributed by atoms with Gasteiger partial charge in [-0.05, 0) is 64.4 Å². The maximum atomic E-state index is 9.54. The van der Waals surface area contributed by atoms with E-state index in [1.54, 1.807) is 0 Å². The Balaban J connectivity index is 0.000000532. The van der Waals surface area contributed by atoms with Crippen LogP contribution < -0.4 is 9.80 Å². The van der Waals surface area contributed by atoms with E-state index in [0.29, 0.717) is 23.7 Å². The summed E-state index contributed by atoms with van der Waals surface area (Å²) in [6.07, 6.45) is 8.27. The van der Waals surface area contributed by atoms with Crippen molar-refractivity contribution >= 4 is 41.1 Å². The quantitative estimate of drug-likeness (QED) is 0.0586. The molecule has 2 aromatic rings. The summed E-state index contributed by atoms with van der Waals surface area (Å²) in [5, 5.41) is 17.4. The minimum atomic E-state index is -0.396. The first-order valence-corrected chi connectivity index (χ1v) is 19.7. The van der Waals surface area contributed by atoms with Gasteiger partial charge in [0, 0.05) is 24.5 Å². The number of hydrogen-bond acceptors (Lipinski definition) is 4. The predicted molar refractivity (Wildman–Crippen MR) is 195 cm³/mol. The van der Waals surface area contributed by atoms with E-state index in [-0.39, 0.29) is 12.3 Å². The first kappa shape index (κ1) is 40.5. The van der Waals surface area contributed by atoms with Crippen LogP contribution in [0.1, 0.15) is 141 Å². The zero-order valence-electron chi connectivity index (χ0n) is 27.5. The molecule has 1 saturated heterocycles. The summed E-state index contributed by atoms with van der Waals surface area (Å²) in [6.45, 7) is 22.9. The number of benzene rings is 2. The van der Waals surface area contributed by atoms with Gasteiger partial charge >= 0.3 is 51.5 Å².